The number of thioether (sulfide) groups is 1. The predicted molar refractivity (Wildman–Crippen MR) is 136 cm³/mol. The summed E-state index contributed by atoms with van der Waals surface area (Å²) >= 11 is 0.638. The van der Waals surface area contributed by atoms with E-state index in [1.807, 2.05) is 0 Å². The number of carbonyl (C=O) groups is 6. The average Bonchev–Trinajstić information content (AvgIpc) is 2.84. The highest BCUT2D eigenvalue weighted by Gasteiger charge is 2.21. The van der Waals surface area contributed by atoms with Crippen LogP contribution in [0.4, 0.5) is 14.4 Å². The minimum Gasteiger partial charge on any atom is -0.464 e. The van der Waals surface area contributed by atoms with Gasteiger partial charge < -0.3 is 39.6 Å². The Bertz CT molecular complexity index is 877. The number of carbonyl (C=O) groups excluding carboxylic acids is 6. The number of esters is 3. The van der Waals surface area contributed by atoms with Crippen LogP contribution in [0.5, 0.6) is 0 Å². The maximum Gasteiger partial charge on any atom is 0.410 e. The molecule has 3 amide bonds. The number of hydrogen-bond donors (Lipinski definition) is 3. The molecule has 0 aromatic rings. The number of amides is 3. The van der Waals surface area contributed by atoms with E-state index < -0.39 is 41.6 Å². The lowest BCUT2D eigenvalue weighted by atomic mass is 10.2. The van der Waals surface area contributed by atoms with E-state index in [-0.39, 0.29) is 62.3 Å². The van der Waals surface area contributed by atoms with E-state index in [0.29, 0.717) is 11.8 Å². The van der Waals surface area contributed by atoms with Gasteiger partial charge in [-0.3, -0.25) is 9.59 Å². The maximum absolute atomic E-state index is 12.1. The van der Waals surface area contributed by atoms with E-state index >= 15 is 0 Å². The highest BCUT2D eigenvalue weighted by atomic mass is 32.2. The molecule has 0 saturated carbocycles. The van der Waals surface area contributed by atoms with E-state index in [1.165, 1.54) is 13.8 Å². The van der Waals surface area contributed by atoms with Gasteiger partial charge in [-0.25, -0.2) is 19.2 Å². The number of hydrogen-bond acceptors (Lipinski definition) is 12. The lowest BCUT2D eigenvalue weighted by molar-refractivity contribution is -0.147. The van der Waals surface area contributed by atoms with E-state index in [4.69, 9.17) is 23.7 Å². The minimum absolute atomic E-state index is 0.0101. The Balaban J connectivity index is 4.69. The molecule has 0 radical (unpaired) electrons. The molecule has 15 heteroatoms. The summed E-state index contributed by atoms with van der Waals surface area (Å²) in [4.78, 5) is 70.3. The average molecular weight is 562 g/mol. The molecule has 0 spiro atoms. The Kier molecular flexibility index (Phi) is 17.5. The molecule has 0 fully saturated rings. The van der Waals surface area contributed by atoms with Crippen LogP contribution < -0.4 is 16.0 Å². The summed E-state index contributed by atoms with van der Waals surface area (Å²) in [6.07, 6.45) is -3.50. The molecule has 0 saturated heterocycles. The van der Waals surface area contributed by atoms with E-state index in [1.54, 1.807) is 13.8 Å². The van der Waals surface area contributed by atoms with Gasteiger partial charge in [0.15, 0.2) is 0 Å². The molecule has 0 heterocycles. The molecule has 38 heavy (non-hydrogen) atoms. The first-order valence-electron chi connectivity index (χ1n) is 11.4. The van der Waals surface area contributed by atoms with Crippen LogP contribution >= 0.6 is 11.8 Å². The zero-order valence-corrected chi connectivity index (χ0v) is 22.7. The maximum atomic E-state index is 12.1. The largest absolute Gasteiger partial charge is 0.464 e. The molecule has 3 N–H and O–H groups in total. The molecule has 0 aliphatic heterocycles. The van der Waals surface area contributed by atoms with Gasteiger partial charge in [0.1, 0.15) is 19.8 Å². The van der Waals surface area contributed by atoms with Crippen molar-refractivity contribution in [2.45, 2.75) is 34.0 Å². The highest BCUT2D eigenvalue weighted by molar-refractivity contribution is 8.13. The Labute approximate surface area is 225 Å². The van der Waals surface area contributed by atoms with Gasteiger partial charge in [0, 0.05) is 11.1 Å². The normalized spacial score (nSPS) is 10.9. The third-order valence-corrected chi connectivity index (χ3v) is 4.67. The van der Waals surface area contributed by atoms with Gasteiger partial charge in [0.2, 0.25) is 0 Å². The van der Waals surface area contributed by atoms with Crippen LogP contribution in [0.3, 0.4) is 0 Å². The molecule has 0 aromatic heterocycles. The Morgan fingerprint density at radius 2 is 1.13 bits per heavy atom. The summed E-state index contributed by atoms with van der Waals surface area (Å²) in [5.74, 6) is -2.29. The number of nitrogens with one attached hydrogen (secondary N) is 3. The molecule has 0 rings (SSSR count). The number of ether oxygens (including phenoxy) is 5. The van der Waals surface area contributed by atoms with Crippen LogP contribution in [0.25, 0.3) is 0 Å². The summed E-state index contributed by atoms with van der Waals surface area (Å²) in [6, 6.07) is 0. The first-order valence-corrected chi connectivity index (χ1v) is 12.4. The monoisotopic (exact) mass is 561 g/mol. The fourth-order valence-corrected chi connectivity index (χ4v) is 2.55. The summed E-state index contributed by atoms with van der Waals surface area (Å²) in [5, 5.41) is 6.52. The summed E-state index contributed by atoms with van der Waals surface area (Å²) in [6.45, 7) is 12.6. The van der Waals surface area contributed by atoms with Crippen LogP contribution in [0.15, 0.2) is 24.3 Å². The first kappa shape index (κ1) is 34.2. The predicted octanol–water partition coefficient (Wildman–Crippen LogP) is 1.65. The summed E-state index contributed by atoms with van der Waals surface area (Å²) in [5.41, 5.74) is 0.404. The molecule has 1 atom stereocenters. The molecule has 1 unspecified atom stereocenters. The topological polar surface area (TPSA) is 185 Å². The Morgan fingerprint density at radius 3 is 1.55 bits per heavy atom. The van der Waals surface area contributed by atoms with Crippen LogP contribution in [-0.4, -0.2) is 86.8 Å². The van der Waals surface area contributed by atoms with Crippen molar-refractivity contribution < 1.29 is 52.5 Å². The fourth-order valence-electron chi connectivity index (χ4n) is 1.92. The molecule has 0 aliphatic carbocycles. The van der Waals surface area contributed by atoms with Crippen molar-refractivity contribution in [2.75, 3.05) is 45.2 Å². The molecule has 0 aromatic carbocycles. The van der Waals surface area contributed by atoms with Crippen molar-refractivity contribution in [1.29, 1.82) is 0 Å². The fraction of sp³-hybridized carbons (Fsp3) is 0.565. The Morgan fingerprint density at radius 1 is 0.711 bits per heavy atom. The van der Waals surface area contributed by atoms with Crippen molar-refractivity contribution in [3.63, 3.8) is 0 Å². The Hall–Kier alpha value is -3.75. The van der Waals surface area contributed by atoms with Crippen molar-refractivity contribution in [1.82, 2.24) is 16.0 Å². The van der Waals surface area contributed by atoms with Crippen molar-refractivity contribution in [2.24, 2.45) is 5.92 Å². The van der Waals surface area contributed by atoms with Gasteiger partial charge in [0.25, 0.3) is 11.5 Å². The van der Waals surface area contributed by atoms with Crippen LogP contribution in [0.1, 0.15) is 27.7 Å². The van der Waals surface area contributed by atoms with Crippen LogP contribution in [0.2, 0.25) is 0 Å². The summed E-state index contributed by atoms with van der Waals surface area (Å²) in [7, 11) is 0. The second-order valence-electron chi connectivity index (χ2n) is 7.77. The second kappa shape index (κ2) is 19.4. The van der Waals surface area contributed by atoms with Gasteiger partial charge >= 0.3 is 30.1 Å². The third kappa shape index (κ3) is 17.6. The van der Waals surface area contributed by atoms with Gasteiger partial charge in [-0.15, -0.1) is 0 Å². The third-order valence-electron chi connectivity index (χ3n) is 3.82. The standard InChI is InChI=1S/C23H35N3O11S/c1-14(2)18(27)33-10-7-24-21(30)36-17(37-22(31)25-8-11-34-19(28)15(3)4)13-38-23(32)26-9-12-35-20(29)16(5)6/h15,17H,1,5,7-13H2,2-4,6H3,(H,24,30)(H,25,31)(H,26,32). The van der Waals surface area contributed by atoms with Gasteiger partial charge in [0.05, 0.1) is 31.3 Å². The minimum atomic E-state index is -1.50. The zero-order chi connectivity index (χ0) is 29.1. The van der Waals surface area contributed by atoms with Crippen molar-refractivity contribution in [3.8, 4) is 0 Å². The summed E-state index contributed by atoms with van der Waals surface area (Å²) < 4.78 is 24.7. The number of alkyl carbamates (subject to hydrolysis) is 2. The van der Waals surface area contributed by atoms with Crippen LogP contribution in [0, 0.1) is 5.92 Å². The zero-order valence-electron chi connectivity index (χ0n) is 21.9. The van der Waals surface area contributed by atoms with Crippen LogP contribution in [-0.2, 0) is 38.1 Å². The molecular weight excluding hydrogens is 526 g/mol. The highest BCUT2D eigenvalue weighted by Crippen LogP contribution is 2.09. The van der Waals surface area contributed by atoms with E-state index in [2.05, 4.69) is 29.1 Å². The second-order valence-corrected chi connectivity index (χ2v) is 8.77. The first-order chi connectivity index (χ1) is 17.8. The van der Waals surface area contributed by atoms with Gasteiger partial charge in [-0.1, -0.05) is 38.8 Å². The van der Waals surface area contributed by atoms with Gasteiger partial charge in [-0.2, -0.15) is 0 Å². The number of rotatable bonds is 16. The molecule has 14 nitrogen and oxygen atoms in total. The van der Waals surface area contributed by atoms with Crippen molar-refractivity contribution in [3.05, 3.63) is 24.3 Å². The molecular formula is C23H35N3O11S. The lowest BCUT2D eigenvalue weighted by Crippen LogP contribution is -2.38. The lowest BCUT2D eigenvalue weighted by Gasteiger charge is -2.18. The van der Waals surface area contributed by atoms with Crippen molar-refractivity contribution >= 4 is 47.1 Å². The quantitative estimate of drug-likeness (QED) is 0.0815. The smallest absolute Gasteiger partial charge is 0.410 e. The van der Waals surface area contributed by atoms with Gasteiger partial charge in [-0.05, 0) is 13.8 Å². The molecule has 0 aliphatic rings. The SMILES string of the molecule is C=C(C)C(=O)OCCNC(=O)OC(CSC(=O)NCCOC(=O)C(=C)C)OC(=O)NCCOC(=O)C(C)C. The van der Waals surface area contributed by atoms with E-state index in [0.717, 1.165) is 0 Å². The van der Waals surface area contributed by atoms with E-state index in [9.17, 15) is 28.8 Å². The molecule has 0 bridgehead atoms. The molecule has 214 valence electrons.